The van der Waals surface area contributed by atoms with Crippen molar-refractivity contribution in [2.45, 2.75) is 12.8 Å². The molecule has 1 N–H and O–H groups in total. The lowest BCUT2D eigenvalue weighted by Crippen LogP contribution is -2.10. The Balaban J connectivity index is 2.55. The van der Waals surface area contributed by atoms with Gasteiger partial charge in [0, 0.05) is 12.1 Å². The number of carbonyl (C=O) groups is 1. The molecular formula is C5H7NO. The van der Waals surface area contributed by atoms with Crippen molar-refractivity contribution in [1.82, 2.24) is 5.32 Å². The molecule has 0 unspecified atom stereocenters. The minimum Gasteiger partial charge on any atom is -0.330 e. The van der Waals surface area contributed by atoms with Crippen LogP contribution in [0.5, 0.6) is 0 Å². The summed E-state index contributed by atoms with van der Waals surface area (Å²) in [6, 6.07) is 0. The van der Waals surface area contributed by atoms with Crippen LogP contribution in [0.4, 0.5) is 0 Å². The first-order chi connectivity index (χ1) is 3.29. The van der Waals surface area contributed by atoms with E-state index in [4.69, 9.17) is 0 Å². The fourth-order valence-electron chi connectivity index (χ4n) is 0.587. The van der Waals surface area contributed by atoms with Gasteiger partial charge >= 0.3 is 0 Å². The van der Waals surface area contributed by atoms with Gasteiger partial charge in [0.15, 0.2) is 0 Å². The van der Waals surface area contributed by atoms with E-state index in [2.05, 4.69) is 11.9 Å². The molecule has 2 nitrogen and oxygen atoms in total. The van der Waals surface area contributed by atoms with Crippen LogP contribution in [0.3, 0.4) is 0 Å². The van der Waals surface area contributed by atoms with Gasteiger partial charge in [0.2, 0.25) is 5.91 Å². The van der Waals surface area contributed by atoms with E-state index in [9.17, 15) is 4.79 Å². The SMILES string of the molecule is C=C1CCC(=O)N1. The summed E-state index contributed by atoms with van der Waals surface area (Å²) in [5.74, 6) is 0.102. The molecule has 0 aromatic heterocycles. The monoisotopic (exact) mass is 97.1 g/mol. The summed E-state index contributed by atoms with van der Waals surface area (Å²) < 4.78 is 0. The summed E-state index contributed by atoms with van der Waals surface area (Å²) in [5.41, 5.74) is 0.852. The van der Waals surface area contributed by atoms with E-state index in [1.807, 2.05) is 0 Å². The summed E-state index contributed by atoms with van der Waals surface area (Å²) in [4.78, 5) is 10.3. The Morgan fingerprint density at radius 1 is 1.57 bits per heavy atom. The van der Waals surface area contributed by atoms with E-state index in [1.165, 1.54) is 0 Å². The van der Waals surface area contributed by atoms with E-state index in [-0.39, 0.29) is 5.91 Å². The molecular weight excluding hydrogens is 90.1 g/mol. The molecule has 0 aromatic rings. The maximum atomic E-state index is 10.3. The van der Waals surface area contributed by atoms with E-state index < -0.39 is 0 Å². The van der Waals surface area contributed by atoms with E-state index in [0.29, 0.717) is 6.42 Å². The second kappa shape index (κ2) is 1.37. The fourth-order valence-corrected chi connectivity index (χ4v) is 0.587. The Morgan fingerprint density at radius 3 is 2.43 bits per heavy atom. The van der Waals surface area contributed by atoms with Gasteiger partial charge in [-0.15, -0.1) is 0 Å². The minimum absolute atomic E-state index is 0.102. The van der Waals surface area contributed by atoms with Crippen LogP contribution in [0.1, 0.15) is 12.8 Å². The third kappa shape index (κ3) is 0.796. The first kappa shape index (κ1) is 4.37. The lowest BCUT2D eigenvalue weighted by atomic mass is 10.3. The Kier molecular flexibility index (Phi) is 0.855. The zero-order valence-corrected chi connectivity index (χ0v) is 4.03. The van der Waals surface area contributed by atoms with Crippen LogP contribution in [-0.4, -0.2) is 5.91 Å². The molecule has 0 radical (unpaired) electrons. The van der Waals surface area contributed by atoms with Gasteiger partial charge in [-0.05, 0) is 6.42 Å². The average molecular weight is 97.1 g/mol. The van der Waals surface area contributed by atoms with E-state index in [1.54, 1.807) is 0 Å². The van der Waals surface area contributed by atoms with Gasteiger partial charge in [-0.25, -0.2) is 0 Å². The highest BCUT2D eigenvalue weighted by Crippen LogP contribution is 2.05. The van der Waals surface area contributed by atoms with E-state index >= 15 is 0 Å². The minimum atomic E-state index is 0.102. The number of hydrogen-bond acceptors (Lipinski definition) is 1. The topological polar surface area (TPSA) is 29.1 Å². The van der Waals surface area contributed by atoms with Crippen molar-refractivity contribution in [2.75, 3.05) is 0 Å². The van der Waals surface area contributed by atoms with Crippen molar-refractivity contribution in [3.8, 4) is 0 Å². The number of allylic oxidation sites excluding steroid dienone is 1. The average Bonchev–Trinajstić information content (AvgIpc) is 1.87. The first-order valence-corrected chi connectivity index (χ1v) is 2.26. The van der Waals surface area contributed by atoms with Crippen molar-refractivity contribution in [1.29, 1.82) is 0 Å². The number of amides is 1. The zero-order valence-electron chi connectivity index (χ0n) is 4.03. The molecule has 38 valence electrons. The lowest BCUT2D eigenvalue weighted by Gasteiger charge is -1.86. The molecule has 0 aliphatic carbocycles. The molecule has 0 spiro atoms. The standard InChI is InChI=1S/C5H7NO/c1-4-2-3-5(7)6-4/h1-3H2,(H,6,7). The van der Waals surface area contributed by atoms with Crippen LogP contribution in [-0.2, 0) is 4.79 Å². The Morgan fingerprint density at radius 2 is 2.29 bits per heavy atom. The molecule has 0 aromatic carbocycles. The highest BCUT2D eigenvalue weighted by molar-refractivity contribution is 5.80. The third-order valence-electron chi connectivity index (χ3n) is 0.970. The molecule has 2 heteroatoms. The van der Waals surface area contributed by atoms with Crippen molar-refractivity contribution < 1.29 is 4.79 Å². The second-order valence-corrected chi connectivity index (χ2v) is 1.65. The van der Waals surface area contributed by atoms with Gasteiger partial charge in [-0.2, -0.15) is 0 Å². The number of hydrogen-bond donors (Lipinski definition) is 1. The van der Waals surface area contributed by atoms with Crippen molar-refractivity contribution in [3.05, 3.63) is 12.3 Å². The predicted molar refractivity (Wildman–Crippen MR) is 26.5 cm³/mol. The summed E-state index contributed by atoms with van der Waals surface area (Å²) in [6.45, 7) is 3.57. The number of nitrogens with one attached hydrogen (secondary N) is 1. The molecule has 0 atom stereocenters. The summed E-state index contributed by atoms with van der Waals surface area (Å²) in [6.07, 6.45) is 1.44. The molecule has 1 aliphatic rings. The largest absolute Gasteiger partial charge is 0.330 e. The quantitative estimate of drug-likeness (QED) is 0.466. The number of rotatable bonds is 0. The molecule has 1 saturated heterocycles. The Labute approximate surface area is 42.2 Å². The van der Waals surface area contributed by atoms with Crippen LogP contribution in [0, 0.1) is 0 Å². The van der Waals surface area contributed by atoms with Gasteiger partial charge in [0.25, 0.3) is 0 Å². The van der Waals surface area contributed by atoms with Gasteiger partial charge in [-0.1, -0.05) is 6.58 Å². The maximum Gasteiger partial charge on any atom is 0.224 e. The summed E-state index contributed by atoms with van der Waals surface area (Å²) in [5, 5.41) is 2.58. The summed E-state index contributed by atoms with van der Waals surface area (Å²) >= 11 is 0. The fraction of sp³-hybridized carbons (Fsp3) is 0.400. The Bertz CT molecular complexity index is 103. The van der Waals surface area contributed by atoms with Gasteiger partial charge < -0.3 is 5.32 Å². The molecule has 0 saturated carbocycles. The highest BCUT2D eigenvalue weighted by Gasteiger charge is 2.10. The third-order valence-corrected chi connectivity index (χ3v) is 0.970. The normalized spacial score (nSPS) is 20.0. The molecule has 1 rings (SSSR count). The zero-order chi connectivity index (χ0) is 5.28. The van der Waals surface area contributed by atoms with Crippen molar-refractivity contribution >= 4 is 5.91 Å². The first-order valence-electron chi connectivity index (χ1n) is 2.26. The number of carbonyl (C=O) groups excluding carboxylic acids is 1. The van der Waals surface area contributed by atoms with Crippen LogP contribution in [0.2, 0.25) is 0 Å². The van der Waals surface area contributed by atoms with Crippen LogP contribution < -0.4 is 5.32 Å². The lowest BCUT2D eigenvalue weighted by molar-refractivity contribution is -0.118. The van der Waals surface area contributed by atoms with E-state index in [0.717, 1.165) is 12.1 Å². The van der Waals surface area contributed by atoms with Crippen LogP contribution in [0.25, 0.3) is 0 Å². The molecule has 7 heavy (non-hydrogen) atoms. The molecule has 1 amide bonds. The van der Waals surface area contributed by atoms with Gasteiger partial charge in [0.1, 0.15) is 0 Å². The smallest absolute Gasteiger partial charge is 0.224 e. The van der Waals surface area contributed by atoms with Crippen LogP contribution >= 0.6 is 0 Å². The summed E-state index contributed by atoms with van der Waals surface area (Å²) in [7, 11) is 0. The predicted octanol–water partition coefficient (Wildman–Crippen LogP) is 0.410. The maximum absolute atomic E-state index is 10.3. The second-order valence-electron chi connectivity index (χ2n) is 1.65. The molecule has 1 fully saturated rings. The highest BCUT2D eigenvalue weighted by atomic mass is 16.1. The van der Waals surface area contributed by atoms with Crippen LogP contribution in [0.15, 0.2) is 12.3 Å². The van der Waals surface area contributed by atoms with Gasteiger partial charge in [0.05, 0.1) is 0 Å². The van der Waals surface area contributed by atoms with Crippen molar-refractivity contribution in [2.24, 2.45) is 0 Å². The molecule has 1 heterocycles. The molecule has 1 aliphatic heterocycles. The molecule has 0 bridgehead atoms. The Hall–Kier alpha value is -0.790. The van der Waals surface area contributed by atoms with Crippen molar-refractivity contribution in [3.63, 3.8) is 0 Å². The van der Waals surface area contributed by atoms with Gasteiger partial charge in [-0.3, -0.25) is 4.79 Å².